The van der Waals surface area contributed by atoms with Crippen molar-refractivity contribution in [2.45, 2.75) is 31.1 Å². The lowest BCUT2D eigenvalue weighted by atomic mass is 10.1. The van der Waals surface area contributed by atoms with Gasteiger partial charge in [-0.15, -0.1) is 0 Å². The van der Waals surface area contributed by atoms with E-state index in [0.29, 0.717) is 6.54 Å². The summed E-state index contributed by atoms with van der Waals surface area (Å²) in [5, 5.41) is 9.49. The SMILES string of the molecule is CC(C)c1nc(NCCc2ccc(S(N)(=O)=O)cc2)c2ccccc2n1. The van der Waals surface area contributed by atoms with Gasteiger partial charge in [-0.1, -0.05) is 38.1 Å². The molecule has 0 aliphatic heterocycles. The Labute approximate surface area is 153 Å². The van der Waals surface area contributed by atoms with E-state index >= 15 is 0 Å². The standard InChI is InChI=1S/C19H22N4O2S/c1-13(2)18-22-17-6-4-3-5-16(17)19(23-18)21-12-11-14-7-9-15(10-8-14)26(20,24)25/h3-10,13H,11-12H2,1-2H3,(H2,20,24,25)(H,21,22,23). The van der Waals surface area contributed by atoms with Crippen LogP contribution in [0.5, 0.6) is 0 Å². The molecule has 0 amide bonds. The number of rotatable bonds is 6. The molecule has 0 bridgehead atoms. The zero-order valence-corrected chi connectivity index (χ0v) is 15.6. The van der Waals surface area contributed by atoms with Gasteiger partial charge in [0.1, 0.15) is 11.6 Å². The van der Waals surface area contributed by atoms with Crippen LogP contribution in [0.1, 0.15) is 31.2 Å². The molecular weight excluding hydrogens is 348 g/mol. The Morgan fingerprint density at radius 1 is 1.04 bits per heavy atom. The van der Waals surface area contributed by atoms with Crippen molar-refractivity contribution < 1.29 is 8.42 Å². The quantitative estimate of drug-likeness (QED) is 0.695. The minimum Gasteiger partial charge on any atom is -0.369 e. The number of fused-ring (bicyclic) bond motifs is 1. The third-order valence-electron chi connectivity index (χ3n) is 4.09. The lowest BCUT2D eigenvalue weighted by molar-refractivity contribution is 0.598. The number of benzene rings is 2. The van der Waals surface area contributed by atoms with E-state index < -0.39 is 10.0 Å². The summed E-state index contributed by atoms with van der Waals surface area (Å²) in [7, 11) is -3.65. The topological polar surface area (TPSA) is 98.0 Å². The molecule has 2 aromatic carbocycles. The predicted molar refractivity (Wildman–Crippen MR) is 104 cm³/mol. The van der Waals surface area contributed by atoms with E-state index in [0.717, 1.165) is 34.5 Å². The molecule has 1 aromatic heterocycles. The van der Waals surface area contributed by atoms with Crippen molar-refractivity contribution in [3.63, 3.8) is 0 Å². The average Bonchev–Trinajstić information content (AvgIpc) is 2.61. The van der Waals surface area contributed by atoms with Gasteiger partial charge in [0.15, 0.2) is 0 Å². The van der Waals surface area contributed by atoms with Gasteiger partial charge in [-0.3, -0.25) is 0 Å². The lowest BCUT2D eigenvalue weighted by Gasteiger charge is -2.12. The van der Waals surface area contributed by atoms with Crippen LogP contribution in [0.4, 0.5) is 5.82 Å². The monoisotopic (exact) mass is 370 g/mol. The number of nitrogens with zero attached hydrogens (tertiary/aromatic N) is 2. The second kappa shape index (κ2) is 7.39. The minimum absolute atomic E-state index is 0.123. The van der Waals surface area contributed by atoms with Crippen molar-refractivity contribution >= 4 is 26.7 Å². The van der Waals surface area contributed by atoms with Crippen LogP contribution in [-0.4, -0.2) is 24.9 Å². The molecule has 7 heteroatoms. The fourth-order valence-corrected chi connectivity index (χ4v) is 3.17. The third kappa shape index (κ3) is 4.17. The number of hydrogen-bond acceptors (Lipinski definition) is 5. The van der Waals surface area contributed by atoms with Crippen LogP contribution in [0.3, 0.4) is 0 Å². The number of anilines is 1. The van der Waals surface area contributed by atoms with Gasteiger partial charge in [-0.25, -0.2) is 23.5 Å². The highest BCUT2D eigenvalue weighted by Crippen LogP contribution is 2.23. The third-order valence-corrected chi connectivity index (χ3v) is 5.02. The summed E-state index contributed by atoms with van der Waals surface area (Å²) in [6, 6.07) is 14.5. The van der Waals surface area contributed by atoms with E-state index in [4.69, 9.17) is 5.14 Å². The number of sulfonamides is 1. The van der Waals surface area contributed by atoms with E-state index in [2.05, 4.69) is 29.1 Å². The first kappa shape index (κ1) is 18.3. The maximum absolute atomic E-state index is 11.3. The van der Waals surface area contributed by atoms with Gasteiger partial charge >= 0.3 is 0 Å². The molecule has 6 nitrogen and oxygen atoms in total. The first-order valence-electron chi connectivity index (χ1n) is 8.47. The fourth-order valence-electron chi connectivity index (χ4n) is 2.66. The molecule has 136 valence electrons. The van der Waals surface area contributed by atoms with Gasteiger partial charge in [0, 0.05) is 17.8 Å². The molecule has 0 radical (unpaired) electrons. The molecule has 1 heterocycles. The van der Waals surface area contributed by atoms with Crippen LogP contribution in [-0.2, 0) is 16.4 Å². The van der Waals surface area contributed by atoms with E-state index in [1.165, 1.54) is 12.1 Å². The molecule has 26 heavy (non-hydrogen) atoms. The molecule has 3 rings (SSSR count). The van der Waals surface area contributed by atoms with Gasteiger partial charge in [-0.05, 0) is 36.2 Å². The van der Waals surface area contributed by atoms with Crippen LogP contribution < -0.4 is 10.5 Å². The largest absolute Gasteiger partial charge is 0.369 e. The van der Waals surface area contributed by atoms with Crippen LogP contribution >= 0.6 is 0 Å². The molecule has 0 spiro atoms. The Morgan fingerprint density at radius 2 is 1.73 bits per heavy atom. The first-order chi connectivity index (χ1) is 12.3. The number of hydrogen-bond donors (Lipinski definition) is 2. The smallest absolute Gasteiger partial charge is 0.238 e. The second-order valence-electron chi connectivity index (χ2n) is 6.47. The van der Waals surface area contributed by atoms with Crippen molar-refractivity contribution in [2.24, 2.45) is 5.14 Å². The van der Waals surface area contributed by atoms with Crippen LogP contribution in [0.2, 0.25) is 0 Å². The summed E-state index contributed by atoms with van der Waals surface area (Å²) in [6.45, 7) is 4.81. The number of aromatic nitrogens is 2. The van der Waals surface area contributed by atoms with Crippen molar-refractivity contribution in [3.05, 3.63) is 59.9 Å². The Hall–Kier alpha value is -2.51. The average molecular weight is 370 g/mol. The molecule has 0 unspecified atom stereocenters. The normalized spacial score (nSPS) is 11.8. The maximum atomic E-state index is 11.3. The summed E-state index contributed by atoms with van der Waals surface area (Å²) < 4.78 is 22.6. The van der Waals surface area contributed by atoms with Crippen molar-refractivity contribution in [3.8, 4) is 0 Å². The second-order valence-corrected chi connectivity index (χ2v) is 8.03. The van der Waals surface area contributed by atoms with E-state index in [1.807, 2.05) is 24.3 Å². The number of nitrogens with one attached hydrogen (secondary N) is 1. The van der Waals surface area contributed by atoms with Crippen molar-refractivity contribution in [1.29, 1.82) is 0 Å². The van der Waals surface area contributed by atoms with Gasteiger partial charge < -0.3 is 5.32 Å². The molecule has 3 aromatic rings. The summed E-state index contributed by atoms with van der Waals surface area (Å²) in [5.74, 6) is 1.87. The summed E-state index contributed by atoms with van der Waals surface area (Å²) in [5.41, 5.74) is 1.94. The molecule has 0 fully saturated rings. The number of primary sulfonamides is 1. The molecule has 0 saturated heterocycles. The molecule has 0 aliphatic rings. The Bertz CT molecular complexity index is 1020. The van der Waals surface area contributed by atoms with Crippen molar-refractivity contribution in [2.75, 3.05) is 11.9 Å². The summed E-state index contributed by atoms with van der Waals surface area (Å²) in [6.07, 6.45) is 0.736. The van der Waals surface area contributed by atoms with Gasteiger partial charge in [0.2, 0.25) is 10.0 Å². The lowest BCUT2D eigenvalue weighted by Crippen LogP contribution is -2.12. The summed E-state index contributed by atoms with van der Waals surface area (Å²) >= 11 is 0. The highest BCUT2D eigenvalue weighted by molar-refractivity contribution is 7.89. The van der Waals surface area contributed by atoms with Gasteiger partial charge in [-0.2, -0.15) is 0 Å². The van der Waals surface area contributed by atoms with E-state index in [1.54, 1.807) is 12.1 Å². The Morgan fingerprint density at radius 3 is 2.38 bits per heavy atom. The van der Waals surface area contributed by atoms with Crippen LogP contribution in [0.15, 0.2) is 53.4 Å². The maximum Gasteiger partial charge on any atom is 0.238 e. The summed E-state index contributed by atoms with van der Waals surface area (Å²) in [4.78, 5) is 9.40. The van der Waals surface area contributed by atoms with Gasteiger partial charge in [0.05, 0.1) is 10.4 Å². The molecule has 0 atom stereocenters. The van der Waals surface area contributed by atoms with Crippen LogP contribution in [0, 0.1) is 0 Å². The first-order valence-corrected chi connectivity index (χ1v) is 10.0. The fraction of sp³-hybridized carbons (Fsp3) is 0.263. The molecule has 0 saturated carbocycles. The number of nitrogens with two attached hydrogens (primary N) is 1. The minimum atomic E-state index is -3.65. The van der Waals surface area contributed by atoms with Gasteiger partial charge in [0.25, 0.3) is 0 Å². The van der Waals surface area contributed by atoms with E-state index in [9.17, 15) is 8.42 Å². The molecule has 3 N–H and O–H groups in total. The van der Waals surface area contributed by atoms with Crippen LogP contribution in [0.25, 0.3) is 10.9 Å². The number of para-hydroxylation sites is 1. The van der Waals surface area contributed by atoms with Crippen molar-refractivity contribution in [1.82, 2.24) is 9.97 Å². The Balaban J connectivity index is 1.75. The van der Waals surface area contributed by atoms with E-state index in [-0.39, 0.29) is 10.8 Å². The highest BCUT2D eigenvalue weighted by Gasteiger charge is 2.10. The zero-order valence-electron chi connectivity index (χ0n) is 14.8. The molecular formula is C19H22N4O2S. The zero-order chi connectivity index (χ0) is 18.7. The molecule has 0 aliphatic carbocycles. The highest BCUT2D eigenvalue weighted by atomic mass is 32.2. The Kier molecular flexibility index (Phi) is 5.20. The predicted octanol–water partition coefficient (Wildman–Crippen LogP) is 3.06.